The van der Waals surface area contributed by atoms with Crippen molar-refractivity contribution in [2.24, 2.45) is 5.10 Å². The van der Waals surface area contributed by atoms with Crippen LogP contribution in [0, 0.1) is 6.92 Å². The topological polar surface area (TPSA) is 48.4 Å². The van der Waals surface area contributed by atoms with E-state index in [-0.39, 0.29) is 11.9 Å². The molecule has 2 aromatic carbocycles. The van der Waals surface area contributed by atoms with Gasteiger partial charge in [0.15, 0.2) is 0 Å². The molecule has 1 saturated heterocycles. The summed E-state index contributed by atoms with van der Waals surface area (Å²) in [6.45, 7) is 9.65. The van der Waals surface area contributed by atoms with Gasteiger partial charge in [0.2, 0.25) is 0 Å². The second kappa shape index (κ2) is 9.62. The van der Waals surface area contributed by atoms with Gasteiger partial charge in [0, 0.05) is 38.2 Å². The van der Waals surface area contributed by atoms with Crippen LogP contribution in [0.25, 0.3) is 0 Å². The molecule has 0 radical (unpaired) electrons. The number of carbonyl (C=O) groups is 1. The van der Waals surface area contributed by atoms with E-state index >= 15 is 0 Å². The highest BCUT2D eigenvalue weighted by atomic mass is 16.5. The lowest BCUT2D eigenvalue weighted by Crippen LogP contribution is -2.49. The number of nitrogens with zero attached hydrogens (tertiary/aromatic N) is 4. The van der Waals surface area contributed by atoms with E-state index < -0.39 is 0 Å². The molecule has 31 heavy (non-hydrogen) atoms. The largest absolute Gasteiger partial charge is 0.497 e. The van der Waals surface area contributed by atoms with Crippen molar-refractivity contribution in [1.29, 1.82) is 0 Å². The lowest BCUT2D eigenvalue weighted by atomic mass is 9.95. The Balaban J connectivity index is 1.58. The van der Waals surface area contributed by atoms with Gasteiger partial charge >= 0.3 is 0 Å². The standard InChI is InChI=1S/C25H32N4O2/c1-4-27-12-14-28(15-13-27)18-25(30)29-24(22-11-6-5-8-19(22)2)17-23(26-29)20-9-7-10-21(16-20)31-3/h5-11,16,24H,4,12-15,17-18H2,1-3H3. The summed E-state index contributed by atoms with van der Waals surface area (Å²) in [5.41, 5.74) is 4.28. The first kappa shape index (κ1) is 21.5. The predicted molar refractivity (Wildman–Crippen MR) is 123 cm³/mol. The third-order valence-corrected chi connectivity index (χ3v) is 6.39. The first-order valence-electron chi connectivity index (χ1n) is 11.1. The predicted octanol–water partition coefficient (Wildman–Crippen LogP) is 3.32. The molecule has 2 heterocycles. The van der Waals surface area contributed by atoms with Crippen LogP contribution in [0.4, 0.5) is 0 Å². The molecule has 4 rings (SSSR count). The summed E-state index contributed by atoms with van der Waals surface area (Å²) in [5, 5.41) is 6.56. The van der Waals surface area contributed by atoms with Crippen LogP contribution >= 0.6 is 0 Å². The fraction of sp³-hybridized carbons (Fsp3) is 0.440. The van der Waals surface area contributed by atoms with E-state index in [0.29, 0.717) is 13.0 Å². The Kier molecular flexibility index (Phi) is 6.68. The molecule has 6 heteroatoms. The van der Waals surface area contributed by atoms with Crippen molar-refractivity contribution in [3.05, 3.63) is 65.2 Å². The lowest BCUT2D eigenvalue weighted by Gasteiger charge is -2.34. The van der Waals surface area contributed by atoms with Crippen molar-refractivity contribution >= 4 is 11.6 Å². The van der Waals surface area contributed by atoms with Gasteiger partial charge in [-0.2, -0.15) is 5.10 Å². The first-order chi connectivity index (χ1) is 15.1. The normalized spacial score (nSPS) is 20.0. The van der Waals surface area contributed by atoms with Crippen LogP contribution in [0.2, 0.25) is 0 Å². The highest BCUT2D eigenvalue weighted by Crippen LogP contribution is 2.35. The number of hydrogen-bond donors (Lipinski definition) is 0. The number of methoxy groups -OCH3 is 1. The number of piperazine rings is 1. The summed E-state index contributed by atoms with van der Waals surface area (Å²) in [4.78, 5) is 18.1. The zero-order valence-corrected chi connectivity index (χ0v) is 18.8. The molecule has 0 aliphatic carbocycles. The van der Waals surface area contributed by atoms with Gasteiger partial charge < -0.3 is 9.64 Å². The van der Waals surface area contributed by atoms with E-state index in [4.69, 9.17) is 9.84 Å². The highest BCUT2D eigenvalue weighted by Gasteiger charge is 2.34. The van der Waals surface area contributed by atoms with E-state index in [1.807, 2.05) is 36.4 Å². The summed E-state index contributed by atoms with van der Waals surface area (Å²) in [7, 11) is 1.67. The molecule has 1 unspecified atom stereocenters. The van der Waals surface area contributed by atoms with Gasteiger partial charge in [0.25, 0.3) is 5.91 Å². The second-order valence-corrected chi connectivity index (χ2v) is 8.30. The fourth-order valence-electron chi connectivity index (χ4n) is 4.45. The van der Waals surface area contributed by atoms with Gasteiger partial charge in [-0.1, -0.05) is 43.3 Å². The molecular formula is C25H32N4O2. The Labute approximate surface area is 185 Å². The Hall–Kier alpha value is -2.70. The van der Waals surface area contributed by atoms with Gasteiger partial charge in [-0.15, -0.1) is 0 Å². The molecule has 1 atom stereocenters. The molecule has 164 valence electrons. The average molecular weight is 421 g/mol. The SMILES string of the molecule is CCN1CCN(CC(=O)N2N=C(c3cccc(OC)c3)CC2c2ccccc2C)CC1. The van der Waals surface area contributed by atoms with Crippen LogP contribution in [-0.4, -0.2) is 72.8 Å². The summed E-state index contributed by atoms with van der Waals surface area (Å²) >= 11 is 0. The maximum Gasteiger partial charge on any atom is 0.257 e. The van der Waals surface area contributed by atoms with Crippen LogP contribution in [-0.2, 0) is 4.79 Å². The Morgan fingerprint density at radius 3 is 2.52 bits per heavy atom. The number of likely N-dealkylation sites (N-methyl/N-ethyl adjacent to an activating group) is 1. The van der Waals surface area contributed by atoms with Gasteiger partial charge in [-0.05, 0) is 36.7 Å². The van der Waals surface area contributed by atoms with E-state index in [2.05, 4.69) is 35.8 Å². The summed E-state index contributed by atoms with van der Waals surface area (Å²) in [6, 6.07) is 16.1. The van der Waals surface area contributed by atoms with E-state index in [1.165, 1.54) is 5.56 Å². The zero-order valence-electron chi connectivity index (χ0n) is 18.8. The summed E-state index contributed by atoms with van der Waals surface area (Å²) in [5.74, 6) is 0.863. The Morgan fingerprint density at radius 1 is 1.06 bits per heavy atom. The van der Waals surface area contributed by atoms with Crippen LogP contribution in [0.5, 0.6) is 5.75 Å². The molecule has 0 spiro atoms. The van der Waals surface area contributed by atoms with Gasteiger partial charge in [0.1, 0.15) is 5.75 Å². The zero-order chi connectivity index (χ0) is 21.8. The van der Waals surface area contributed by atoms with Crippen LogP contribution in [0.3, 0.4) is 0 Å². The molecule has 1 amide bonds. The minimum Gasteiger partial charge on any atom is -0.497 e. The molecule has 1 fully saturated rings. The van der Waals surface area contributed by atoms with Crippen molar-refractivity contribution in [3.8, 4) is 5.75 Å². The number of carbonyl (C=O) groups excluding carboxylic acids is 1. The number of benzene rings is 2. The van der Waals surface area contributed by atoms with Gasteiger partial charge in [-0.25, -0.2) is 5.01 Å². The smallest absolute Gasteiger partial charge is 0.257 e. The van der Waals surface area contributed by atoms with Gasteiger partial charge in [-0.3, -0.25) is 9.69 Å². The third kappa shape index (κ3) is 4.81. The quantitative estimate of drug-likeness (QED) is 0.719. The van der Waals surface area contributed by atoms with E-state index in [9.17, 15) is 4.79 Å². The highest BCUT2D eigenvalue weighted by molar-refractivity contribution is 6.03. The fourth-order valence-corrected chi connectivity index (χ4v) is 4.45. The van der Waals surface area contributed by atoms with Gasteiger partial charge in [0.05, 0.1) is 25.4 Å². The minimum absolute atomic E-state index is 0.0658. The number of ether oxygens (including phenoxy) is 1. The molecule has 2 aliphatic heterocycles. The average Bonchev–Trinajstić information content (AvgIpc) is 3.25. The van der Waals surface area contributed by atoms with Crippen LogP contribution in [0.1, 0.15) is 36.1 Å². The third-order valence-electron chi connectivity index (χ3n) is 6.39. The van der Waals surface area contributed by atoms with Crippen molar-refractivity contribution in [1.82, 2.24) is 14.8 Å². The number of amides is 1. The number of aryl methyl sites for hydroxylation is 1. The Morgan fingerprint density at radius 2 is 1.81 bits per heavy atom. The molecular weight excluding hydrogens is 388 g/mol. The first-order valence-corrected chi connectivity index (χ1v) is 11.1. The molecule has 0 bridgehead atoms. The monoisotopic (exact) mass is 420 g/mol. The number of rotatable bonds is 6. The second-order valence-electron chi connectivity index (χ2n) is 8.30. The molecule has 6 nitrogen and oxygen atoms in total. The molecule has 2 aliphatic rings. The van der Waals surface area contributed by atoms with E-state index in [0.717, 1.165) is 55.3 Å². The van der Waals surface area contributed by atoms with Crippen LogP contribution < -0.4 is 4.74 Å². The summed E-state index contributed by atoms with van der Waals surface area (Å²) < 4.78 is 5.39. The Bertz CT molecular complexity index is 950. The lowest BCUT2D eigenvalue weighted by molar-refractivity contribution is -0.134. The number of hydrazone groups is 1. The molecule has 0 N–H and O–H groups in total. The molecule has 0 saturated carbocycles. The maximum atomic E-state index is 13.4. The van der Waals surface area contributed by atoms with Crippen molar-refractivity contribution in [2.75, 3.05) is 46.4 Å². The number of hydrogen-bond acceptors (Lipinski definition) is 5. The summed E-state index contributed by atoms with van der Waals surface area (Å²) in [6.07, 6.45) is 0.702. The van der Waals surface area contributed by atoms with E-state index in [1.54, 1.807) is 12.1 Å². The molecule has 0 aromatic heterocycles. The van der Waals surface area contributed by atoms with Crippen molar-refractivity contribution in [3.63, 3.8) is 0 Å². The maximum absolute atomic E-state index is 13.4. The van der Waals surface area contributed by atoms with Crippen molar-refractivity contribution < 1.29 is 9.53 Å². The minimum atomic E-state index is -0.0770. The van der Waals surface area contributed by atoms with Crippen molar-refractivity contribution in [2.45, 2.75) is 26.3 Å². The van der Waals surface area contributed by atoms with Crippen LogP contribution in [0.15, 0.2) is 53.6 Å². The molecule has 2 aromatic rings.